The summed E-state index contributed by atoms with van der Waals surface area (Å²) in [5.41, 5.74) is 5.65. The van der Waals surface area contributed by atoms with E-state index in [9.17, 15) is 0 Å². The van der Waals surface area contributed by atoms with E-state index >= 15 is 0 Å². The quantitative estimate of drug-likeness (QED) is 0.713. The second-order valence-corrected chi connectivity index (χ2v) is 3.71. The van der Waals surface area contributed by atoms with Gasteiger partial charge in [0.1, 0.15) is 0 Å². The Labute approximate surface area is 98.0 Å². The lowest BCUT2D eigenvalue weighted by Gasteiger charge is -2.03. The van der Waals surface area contributed by atoms with Gasteiger partial charge in [0, 0.05) is 4.91 Å². The third-order valence-corrected chi connectivity index (χ3v) is 2.57. The summed E-state index contributed by atoms with van der Waals surface area (Å²) < 4.78 is 0. The van der Waals surface area contributed by atoms with Gasteiger partial charge in [-0.25, -0.2) is 0 Å². The zero-order valence-electron chi connectivity index (χ0n) is 10.3. The van der Waals surface area contributed by atoms with Gasteiger partial charge in [-0.3, -0.25) is 0 Å². The van der Waals surface area contributed by atoms with Gasteiger partial charge in [-0.1, -0.05) is 32.9 Å². The van der Waals surface area contributed by atoms with E-state index in [0.717, 1.165) is 6.42 Å². The summed E-state index contributed by atoms with van der Waals surface area (Å²) >= 11 is 1.62. The number of rotatable bonds is 3. The molecule has 0 saturated carbocycles. The van der Waals surface area contributed by atoms with Crippen LogP contribution >= 0.6 is 11.9 Å². The van der Waals surface area contributed by atoms with Crippen molar-refractivity contribution in [1.82, 2.24) is 10.3 Å². The van der Waals surface area contributed by atoms with Gasteiger partial charge >= 0.3 is 0 Å². The zero-order valence-corrected chi connectivity index (χ0v) is 11.2. The lowest BCUT2D eigenvalue weighted by molar-refractivity contribution is 0.837. The SMILES string of the molecule is C/C=C\C1=C(C(/C)=C\CC)NNS1.CC. The standard InChI is InChI=1S/C10H16N2S.C2H6/c1-4-6-8(3)10-9(7-5-2)13-12-11-10;1-2/h5-7,11-12H,4H2,1-3H3;1-2H3/b7-5-,8-6-;. The largest absolute Gasteiger partial charge is 0.310 e. The van der Waals surface area contributed by atoms with E-state index in [1.54, 1.807) is 11.9 Å². The van der Waals surface area contributed by atoms with Gasteiger partial charge in [-0.15, -0.1) is 0 Å². The Morgan fingerprint density at radius 1 is 1.40 bits per heavy atom. The maximum atomic E-state index is 3.15. The molecule has 0 unspecified atom stereocenters. The maximum Gasteiger partial charge on any atom is 0.0672 e. The van der Waals surface area contributed by atoms with Crippen LogP contribution in [-0.4, -0.2) is 0 Å². The van der Waals surface area contributed by atoms with Crippen molar-refractivity contribution >= 4 is 11.9 Å². The Hall–Kier alpha value is -0.670. The van der Waals surface area contributed by atoms with Crippen LogP contribution in [-0.2, 0) is 0 Å². The normalized spacial score (nSPS) is 16.5. The van der Waals surface area contributed by atoms with Gasteiger partial charge in [0.25, 0.3) is 0 Å². The van der Waals surface area contributed by atoms with Crippen molar-refractivity contribution in [2.75, 3.05) is 0 Å². The first kappa shape index (κ1) is 14.3. The Kier molecular flexibility index (Phi) is 8.24. The van der Waals surface area contributed by atoms with E-state index in [1.807, 2.05) is 20.8 Å². The molecule has 1 rings (SSSR count). The predicted molar refractivity (Wildman–Crippen MR) is 71.1 cm³/mol. The third kappa shape index (κ3) is 4.58. The molecule has 0 amide bonds. The van der Waals surface area contributed by atoms with Crippen molar-refractivity contribution in [2.24, 2.45) is 0 Å². The second kappa shape index (κ2) is 8.62. The molecule has 2 nitrogen and oxygen atoms in total. The van der Waals surface area contributed by atoms with Crippen LogP contribution in [0.4, 0.5) is 0 Å². The predicted octanol–water partition coefficient (Wildman–Crippen LogP) is 3.91. The highest BCUT2D eigenvalue weighted by molar-refractivity contribution is 8.01. The summed E-state index contributed by atoms with van der Waals surface area (Å²) in [7, 11) is 0. The fourth-order valence-electron chi connectivity index (χ4n) is 1.21. The van der Waals surface area contributed by atoms with Crippen LogP contribution < -0.4 is 10.3 Å². The highest BCUT2D eigenvalue weighted by Gasteiger charge is 2.12. The molecule has 0 aromatic heterocycles. The molecule has 1 heterocycles. The number of hydrogen-bond donors (Lipinski definition) is 2. The molecule has 3 heteroatoms. The van der Waals surface area contributed by atoms with E-state index in [1.165, 1.54) is 16.2 Å². The summed E-state index contributed by atoms with van der Waals surface area (Å²) in [6.45, 7) is 10.3. The van der Waals surface area contributed by atoms with E-state index in [2.05, 4.69) is 42.3 Å². The van der Waals surface area contributed by atoms with E-state index in [4.69, 9.17) is 0 Å². The molecule has 0 saturated heterocycles. The molecule has 2 N–H and O–H groups in total. The molecule has 0 aromatic rings. The first-order chi connectivity index (χ1) is 7.29. The first-order valence-electron chi connectivity index (χ1n) is 5.51. The molecule has 0 aliphatic carbocycles. The van der Waals surface area contributed by atoms with Gasteiger partial charge < -0.3 is 5.43 Å². The molecule has 1 aliphatic heterocycles. The van der Waals surface area contributed by atoms with Crippen molar-refractivity contribution < 1.29 is 0 Å². The molecule has 0 aromatic carbocycles. The molecule has 0 fully saturated rings. The molecule has 0 atom stereocenters. The van der Waals surface area contributed by atoms with Crippen molar-refractivity contribution in [3.8, 4) is 0 Å². The second-order valence-electron chi connectivity index (χ2n) is 2.86. The molecule has 0 radical (unpaired) electrons. The number of hydrazine groups is 1. The van der Waals surface area contributed by atoms with Gasteiger partial charge in [0.15, 0.2) is 0 Å². The van der Waals surface area contributed by atoms with Gasteiger partial charge in [0.05, 0.1) is 5.70 Å². The summed E-state index contributed by atoms with van der Waals surface area (Å²) in [5, 5.41) is 0. The zero-order chi connectivity index (χ0) is 11.7. The molecular formula is C12H22N2S. The van der Waals surface area contributed by atoms with Crippen LogP contribution in [0.25, 0.3) is 0 Å². The monoisotopic (exact) mass is 226 g/mol. The molecule has 1 aliphatic rings. The Bertz CT molecular complexity index is 265. The summed E-state index contributed by atoms with van der Waals surface area (Å²) in [4.78, 5) is 4.30. The lowest BCUT2D eigenvalue weighted by Crippen LogP contribution is -2.19. The summed E-state index contributed by atoms with van der Waals surface area (Å²) in [6.07, 6.45) is 7.46. The van der Waals surface area contributed by atoms with Crippen LogP contribution in [0.2, 0.25) is 0 Å². The minimum atomic E-state index is 1.07. The fraction of sp³-hybridized carbons (Fsp3) is 0.500. The van der Waals surface area contributed by atoms with Crippen LogP contribution in [0, 0.1) is 0 Å². The molecule has 15 heavy (non-hydrogen) atoms. The minimum absolute atomic E-state index is 1.07. The van der Waals surface area contributed by atoms with Gasteiger partial charge in [-0.2, -0.15) is 4.83 Å². The average molecular weight is 226 g/mol. The smallest absolute Gasteiger partial charge is 0.0672 e. The van der Waals surface area contributed by atoms with Crippen molar-refractivity contribution in [1.29, 1.82) is 0 Å². The van der Waals surface area contributed by atoms with E-state index < -0.39 is 0 Å². The van der Waals surface area contributed by atoms with E-state index in [-0.39, 0.29) is 0 Å². The average Bonchev–Trinajstić information content (AvgIpc) is 2.70. The third-order valence-electron chi connectivity index (χ3n) is 1.81. The lowest BCUT2D eigenvalue weighted by atomic mass is 10.2. The topological polar surface area (TPSA) is 24.1 Å². The Morgan fingerprint density at radius 2 is 2.07 bits per heavy atom. The minimum Gasteiger partial charge on any atom is -0.310 e. The number of allylic oxidation sites excluding steroid dienone is 4. The van der Waals surface area contributed by atoms with E-state index in [0.29, 0.717) is 0 Å². The highest BCUT2D eigenvalue weighted by Crippen LogP contribution is 2.26. The Morgan fingerprint density at radius 3 is 2.60 bits per heavy atom. The molecule has 0 bridgehead atoms. The highest BCUT2D eigenvalue weighted by atomic mass is 32.2. The number of nitrogens with one attached hydrogen (secondary N) is 2. The summed E-state index contributed by atoms with van der Waals surface area (Å²) in [6, 6.07) is 0. The molecule has 0 spiro atoms. The van der Waals surface area contributed by atoms with Crippen molar-refractivity contribution in [2.45, 2.75) is 41.0 Å². The van der Waals surface area contributed by atoms with Crippen molar-refractivity contribution in [3.05, 3.63) is 34.4 Å². The van der Waals surface area contributed by atoms with Gasteiger partial charge in [0.2, 0.25) is 0 Å². The van der Waals surface area contributed by atoms with Crippen LogP contribution in [0.1, 0.15) is 41.0 Å². The maximum absolute atomic E-state index is 3.15. The van der Waals surface area contributed by atoms with Crippen molar-refractivity contribution in [3.63, 3.8) is 0 Å². The number of hydrogen-bond acceptors (Lipinski definition) is 3. The van der Waals surface area contributed by atoms with Crippen LogP contribution in [0.3, 0.4) is 0 Å². The Balaban J connectivity index is 0.000000921. The summed E-state index contributed by atoms with van der Waals surface area (Å²) in [5.74, 6) is 0. The van der Waals surface area contributed by atoms with Crippen LogP contribution in [0.5, 0.6) is 0 Å². The van der Waals surface area contributed by atoms with Gasteiger partial charge in [-0.05, 0) is 43.9 Å². The molecular weight excluding hydrogens is 204 g/mol. The molecule has 86 valence electrons. The first-order valence-corrected chi connectivity index (χ1v) is 6.33. The van der Waals surface area contributed by atoms with Crippen LogP contribution in [0.15, 0.2) is 34.4 Å². The fourth-order valence-corrected chi connectivity index (χ4v) is 2.00.